The Morgan fingerprint density at radius 2 is 1.67 bits per heavy atom. The summed E-state index contributed by atoms with van der Waals surface area (Å²) in [6.45, 7) is 3.12. The van der Waals surface area contributed by atoms with Crippen LogP contribution in [0.2, 0.25) is 0 Å². The highest BCUT2D eigenvalue weighted by Gasteiger charge is 2.01. The maximum atomic E-state index is 8.62. The number of para-hydroxylation sites is 1. The number of nitrogens with zero attached hydrogens (tertiary/aromatic N) is 1. The van der Waals surface area contributed by atoms with E-state index in [1.807, 2.05) is 42.5 Å². The van der Waals surface area contributed by atoms with Crippen molar-refractivity contribution >= 4 is 0 Å². The first-order valence-electron chi connectivity index (χ1n) is 7.13. The molecule has 21 heavy (non-hydrogen) atoms. The van der Waals surface area contributed by atoms with Gasteiger partial charge in [-0.3, -0.25) is 0 Å². The van der Waals surface area contributed by atoms with E-state index in [1.54, 1.807) is 0 Å². The van der Waals surface area contributed by atoms with Crippen molar-refractivity contribution in [2.24, 2.45) is 0 Å². The number of nitriles is 1. The topological polar surface area (TPSA) is 42.2 Å². The molecule has 0 heterocycles. The molecular formula is C18H19NO2. The lowest BCUT2D eigenvalue weighted by atomic mass is 10.1. The smallest absolute Gasteiger partial charge is 0.122 e. The molecule has 0 radical (unpaired) electrons. The quantitative estimate of drug-likeness (QED) is 0.725. The van der Waals surface area contributed by atoms with E-state index in [1.165, 1.54) is 5.56 Å². The Morgan fingerprint density at radius 1 is 0.952 bits per heavy atom. The van der Waals surface area contributed by atoms with Crippen molar-refractivity contribution in [3.05, 3.63) is 59.7 Å². The van der Waals surface area contributed by atoms with Crippen LogP contribution in [0.15, 0.2) is 48.5 Å². The van der Waals surface area contributed by atoms with E-state index in [-0.39, 0.29) is 0 Å². The summed E-state index contributed by atoms with van der Waals surface area (Å²) in [5.41, 5.74) is 2.20. The molecule has 0 saturated carbocycles. The van der Waals surface area contributed by atoms with Gasteiger partial charge >= 0.3 is 0 Å². The van der Waals surface area contributed by atoms with Crippen molar-refractivity contribution in [3.63, 3.8) is 0 Å². The second-order valence-corrected chi connectivity index (χ2v) is 4.64. The number of benzene rings is 2. The average molecular weight is 281 g/mol. The van der Waals surface area contributed by atoms with Crippen LogP contribution in [-0.2, 0) is 12.8 Å². The Hall–Kier alpha value is -2.47. The van der Waals surface area contributed by atoms with Gasteiger partial charge in [0, 0.05) is 0 Å². The van der Waals surface area contributed by atoms with Crippen molar-refractivity contribution < 1.29 is 9.47 Å². The molecule has 108 valence electrons. The first-order valence-corrected chi connectivity index (χ1v) is 7.13. The molecule has 0 saturated heterocycles. The van der Waals surface area contributed by atoms with Crippen LogP contribution in [0.1, 0.15) is 18.1 Å². The summed E-state index contributed by atoms with van der Waals surface area (Å²) < 4.78 is 11.4. The van der Waals surface area contributed by atoms with E-state index in [0.29, 0.717) is 19.6 Å². The zero-order chi connectivity index (χ0) is 14.9. The van der Waals surface area contributed by atoms with Gasteiger partial charge in [0.1, 0.15) is 24.7 Å². The summed E-state index contributed by atoms with van der Waals surface area (Å²) in [7, 11) is 0. The molecule has 0 aromatic heterocycles. The number of ether oxygens (including phenoxy) is 2. The van der Waals surface area contributed by atoms with E-state index >= 15 is 0 Å². The van der Waals surface area contributed by atoms with Crippen LogP contribution in [0.25, 0.3) is 0 Å². The lowest BCUT2D eigenvalue weighted by Crippen LogP contribution is -2.09. The summed E-state index contributed by atoms with van der Waals surface area (Å²) >= 11 is 0. The first-order chi connectivity index (χ1) is 10.3. The summed E-state index contributed by atoms with van der Waals surface area (Å²) in [5, 5.41) is 8.62. The van der Waals surface area contributed by atoms with Gasteiger partial charge in [0.05, 0.1) is 12.5 Å². The fourth-order valence-corrected chi connectivity index (χ4v) is 2.04. The summed E-state index contributed by atoms with van der Waals surface area (Å²) in [5.74, 6) is 1.72. The average Bonchev–Trinajstić information content (AvgIpc) is 2.54. The number of hydrogen-bond acceptors (Lipinski definition) is 3. The van der Waals surface area contributed by atoms with Gasteiger partial charge in [-0.25, -0.2) is 0 Å². The largest absolute Gasteiger partial charge is 0.490 e. The molecule has 0 aliphatic carbocycles. The molecule has 0 aliphatic heterocycles. The van der Waals surface area contributed by atoms with Gasteiger partial charge in [0.25, 0.3) is 0 Å². The monoisotopic (exact) mass is 281 g/mol. The first kappa shape index (κ1) is 14.9. The fraction of sp³-hybridized carbons (Fsp3) is 0.278. The van der Waals surface area contributed by atoms with Gasteiger partial charge in [0.2, 0.25) is 0 Å². The van der Waals surface area contributed by atoms with Crippen LogP contribution in [-0.4, -0.2) is 13.2 Å². The maximum Gasteiger partial charge on any atom is 0.122 e. The molecule has 2 aromatic rings. The molecule has 2 rings (SSSR count). The van der Waals surface area contributed by atoms with Crippen molar-refractivity contribution in [3.8, 4) is 17.6 Å². The van der Waals surface area contributed by atoms with Crippen LogP contribution in [0.3, 0.4) is 0 Å². The van der Waals surface area contributed by atoms with E-state index in [2.05, 4.69) is 19.1 Å². The van der Waals surface area contributed by atoms with Crippen LogP contribution in [0, 0.1) is 11.3 Å². The van der Waals surface area contributed by atoms with E-state index in [4.69, 9.17) is 14.7 Å². The lowest BCUT2D eigenvalue weighted by molar-refractivity contribution is 0.216. The van der Waals surface area contributed by atoms with Crippen molar-refractivity contribution in [2.45, 2.75) is 19.8 Å². The molecule has 0 amide bonds. The van der Waals surface area contributed by atoms with Gasteiger partial charge in [-0.1, -0.05) is 37.3 Å². The van der Waals surface area contributed by atoms with Crippen molar-refractivity contribution in [1.82, 2.24) is 0 Å². The van der Waals surface area contributed by atoms with E-state index in [0.717, 1.165) is 23.5 Å². The molecule has 0 spiro atoms. The van der Waals surface area contributed by atoms with Crippen LogP contribution in [0.4, 0.5) is 0 Å². The summed E-state index contributed by atoms with van der Waals surface area (Å²) in [4.78, 5) is 0. The molecule has 0 atom stereocenters. The third-order valence-electron chi connectivity index (χ3n) is 3.17. The zero-order valence-corrected chi connectivity index (χ0v) is 12.2. The standard InChI is InChI=1S/C18H19NO2/c1-2-16-5-3-4-6-18(16)21-14-13-20-17-9-7-15(8-10-17)11-12-19/h3-10H,2,11,13-14H2,1H3. The Kier molecular flexibility index (Phi) is 5.66. The number of rotatable bonds is 7. The van der Waals surface area contributed by atoms with Gasteiger partial charge < -0.3 is 9.47 Å². The van der Waals surface area contributed by atoms with Crippen LogP contribution >= 0.6 is 0 Å². The van der Waals surface area contributed by atoms with Crippen LogP contribution < -0.4 is 9.47 Å². The van der Waals surface area contributed by atoms with Gasteiger partial charge in [0.15, 0.2) is 0 Å². The highest BCUT2D eigenvalue weighted by atomic mass is 16.5. The lowest BCUT2D eigenvalue weighted by Gasteiger charge is -2.11. The second kappa shape index (κ2) is 7.96. The maximum absolute atomic E-state index is 8.62. The predicted molar refractivity (Wildman–Crippen MR) is 82.6 cm³/mol. The van der Waals surface area contributed by atoms with E-state index < -0.39 is 0 Å². The molecule has 0 unspecified atom stereocenters. The third kappa shape index (κ3) is 4.54. The molecule has 0 fully saturated rings. The van der Waals surface area contributed by atoms with Crippen LogP contribution in [0.5, 0.6) is 11.5 Å². The molecule has 0 bridgehead atoms. The minimum absolute atomic E-state index is 0.428. The molecule has 0 aliphatic rings. The second-order valence-electron chi connectivity index (χ2n) is 4.64. The normalized spacial score (nSPS) is 9.90. The Labute approximate surface area is 125 Å². The molecule has 3 heteroatoms. The zero-order valence-electron chi connectivity index (χ0n) is 12.2. The van der Waals surface area contributed by atoms with Gasteiger partial charge in [-0.15, -0.1) is 0 Å². The van der Waals surface area contributed by atoms with Gasteiger partial charge in [-0.2, -0.15) is 5.26 Å². The summed E-state index contributed by atoms with van der Waals surface area (Å²) in [6, 6.07) is 17.8. The SMILES string of the molecule is CCc1ccccc1OCCOc1ccc(CC#N)cc1. The molecule has 3 nitrogen and oxygen atoms in total. The Morgan fingerprint density at radius 3 is 2.38 bits per heavy atom. The predicted octanol–water partition coefficient (Wildman–Crippen LogP) is 3.77. The molecule has 0 N–H and O–H groups in total. The molecule has 2 aromatic carbocycles. The highest BCUT2D eigenvalue weighted by molar-refractivity contribution is 5.33. The minimum Gasteiger partial charge on any atom is -0.490 e. The number of hydrogen-bond donors (Lipinski definition) is 0. The summed E-state index contributed by atoms with van der Waals surface area (Å²) in [6.07, 6.45) is 1.38. The van der Waals surface area contributed by atoms with Gasteiger partial charge in [-0.05, 0) is 35.7 Å². The third-order valence-corrected chi connectivity index (χ3v) is 3.17. The Bertz CT molecular complexity index is 599. The number of aryl methyl sites for hydroxylation is 1. The van der Waals surface area contributed by atoms with Crippen molar-refractivity contribution in [2.75, 3.05) is 13.2 Å². The Balaban J connectivity index is 1.78. The molecular weight excluding hydrogens is 262 g/mol. The van der Waals surface area contributed by atoms with E-state index in [9.17, 15) is 0 Å². The highest BCUT2D eigenvalue weighted by Crippen LogP contribution is 2.18. The van der Waals surface area contributed by atoms with Crippen molar-refractivity contribution in [1.29, 1.82) is 5.26 Å². The fourth-order valence-electron chi connectivity index (χ4n) is 2.04. The minimum atomic E-state index is 0.428.